The highest BCUT2D eigenvalue weighted by Gasteiger charge is 2.40. The Morgan fingerprint density at radius 1 is 0.825 bits per heavy atom. The molecule has 0 aromatic heterocycles. The average molecular weight is 545 g/mol. The van der Waals surface area contributed by atoms with Crippen LogP contribution in [-0.4, -0.2) is 17.3 Å². The van der Waals surface area contributed by atoms with E-state index in [0.29, 0.717) is 44.3 Å². The summed E-state index contributed by atoms with van der Waals surface area (Å²) < 4.78 is 0. The lowest BCUT2D eigenvalue weighted by molar-refractivity contribution is -0.131. The Bertz CT molecular complexity index is 1260. The summed E-state index contributed by atoms with van der Waals surface area (Å²) in [6.45, 7) is 8.06. The predicted molar refractivity (Wildman–Crippen MR) is 171 cm³/mol. The molecular formula is C37H52O3. The van der Waals surface area contributed by atoms with Gasteiger partial charge in [-0.2, -0.15) is 0 Å². The minimum absolute atomic E-state index is 0. The summed E-state index contributed by atoms with van der Waals surface area (Å²) in [6.07, 6.45) is 8.17. The molecule has 0 bridgehead atoms. The van der Waals surface area contributed by atoms with E-state index in [2.05, 4.69) is 61.5 Å². The fourth-order valence-corrected chi connectivity index (χ4v) is 6.30. The molecule has 0 spiro atoms. The van der Waals surface area contributed by atoms with E-state index in [0.717, 1.165) is 44.1 Å². The molecule has 3 aromatic rings. The van der Waals surface area contributed by atoms with E-state index in [1.54, 1.807) is 0 Å². The van der Waals surface area contributed by atoms with Crippen molar-refractivity contribution in [2.24, 2.45) is 11.3 Å². The van der Waals surface area contributed by atoms with Gasteiger partial charge >= 0.3 is 0 Å². The van der Waals surface area contributed by atoms with E-state index in [1.165, 1.54) is 21.9 Å². The number of hydrogen-bond donors (Lipinski definition) is 0. The third kappa shape index (κ3) is 8.22. The lowest BCUT2D eigenvalue weighted by Crippen LogP contribution is -2.32. The fourth-order valence-electron chi connectivity index (χ4n) is 6.30. The molecule has 0 saturated heterocycles. The van der Waals surface area contributed by atoms with E-state index < -0.39 is 5.41 Å². The van der Waals surface area contributed by atoms with Crippen molar-refractivity contribution < 1.29 is 17.2 Å². The van der Waals surface area contributed by atoms with Crippen LogP contribution in [0.3, 0.4) is 0 Å². The van der Waals surface area contributed by atoms with E-state index in [1.807, 2.05) is 32.9 Å². The van der Waals surface area contributed by atoms with Crippen LogP contribution in [0.25, 0.3) is 10.8 Å². The summed E-state index contributed by atoms with van der Waals surface area (Å²) in [5.74, 6) is 0.840. The standard InChI is InChI=1S/C35H42O3.C2H6.2H2/c1-3-26-14-16-27(17-15-26)25-31(36)21-24-35(22-8-12-30(20-23-35)33(37)4-2)34(38)19-18-29-11-7-10-28-9-5-6-13-32(28)29;1-2;;/h5-7,9-11,13-17,30H,3-4,8,12,18-25H2,1-2H3;1-2H3;2*1H. The molecule has 0 heterocycles. The highest BCUT2D eigenvalue weighted by Crippen LogP contribution is 2.43. The van der Waals surface area contributed by atoms with Crippen molar-refractivity contribution in [1.29, 1.82) is 0 Å². The number of fused-ring (bicyclic) bond motifs is 1. The van der Waals surface area contributed by atoms with Gasteiger partial charge in [0.25, 0.3) is 0 Å². The van der Waals surface area contributed by atoms with E-state index >= 15 is 0 Å². The van der Waals surface area contributed by atoms with E-state index in [4.69, 9.17) is 0 Å². The summed E-state index contributed by atoms with van der Waals surface area (Å²) in [7, 11) is 0. The maximum Gasteiger partial charge on any atom is 0.139 e. The zero-order valence-electron chi connectivity index (χ0n) is 25.1. The number of hydrogen-bond acceptors (Lipinski definition) is 3. The number of ketones is 3. The van der Waals surface area contributed by atoms with Gasteiger partial charge in [0, 0.05) is 39.9 Å². The lowest BCUT2D eigenvalue weighted by Gasteiger charge is -2.32. The second-order valence-electron chi connectivity index (χ2n) is 11.2. The monoisotopic (exact) mass is 544 g/mol. The zero-order chi connectivity index (χ0) is 29.0. The summed E-state index contributed by atoms with van der Waals surface area (Å²) in [5.41, 5.74) is 3.00. The third-order valence-corrected chi connectivity index (χ3v) is 8.79. The van der Waals surface area contributed by atoms with Gasteiger partial charge < -0.3 is 0 Å². The Hall–Kier alpha value is -3.07. The first-order valence-corrected chi connectivity index (χ1v) is 15.6. The fraction of sp³-hybridized carbons (Fsp3) is 0.486. The van der Waals surface area contributed by atoms with Crippen molar-refractivity contribution in [3.63, 3.8) is 0 Å². The van der Waals surface area contributed by atoms with Crippen LogP contribution in [0.4, 0.5) is 0 Å². The number of rotatable bonds is 12. The first-order chi connectivity index (χ1) is 19.4. The van der Waals surface area contributed by atoms with Crippen LogP contribution < -0.4 is 0 Å². The zero-order valence-corrected chi connectivity index (χ0v) is 25.1. The van der Waals surface area contributed by atoms with Gasteiger partial charge in [0.05, 0.1) is 0 Å². The first-order valence-electron chi connectivity index (χ1n) is 15.6. The van der Waals surface area contributed by atoms with Crippen molar-refractivity contribution in [2.75, 3.05) is 0 Å². The number of carbonyl (C=O) groups is 3. The third-order valence-electron chi connectivity index (χ3n) is 8.79. The lowest BCUT2D eigenvalue weighted by atomic mass is 9.71. The largest absolute Gasteiger partial charge is 0.299 e. The van der Waals surface area contributed by atoms with Gasteiger partial charge in [-0.3, -0.25) is 14.4 Å². The molecule has 40 heavy (non-hydrogen) atoms. The van der Waals surface area contributed by atoms with Gasteiger partial charge in [0.1, 0.15) is 17.3 Å². The van der Waals surface area contributed by atoms with Gasteiger partial charge in [-0.05, 0) is 72.4 Å². The van der Waals surface area contributed by atoms with Crippen molar-refractivity contribution in [1.82, 2.24) is 0 Å². The molecule has 0 radical (unpaired) electrons. The summed E-state index contributed by atoms with van der Waals surface area (Å²) in [5, 5.41) is 2.40. The van der Waals surface area contributed by atoms with Gasteiger partial charge in [0.2, 0.25) is 0 Å². The van der Waals surface area contributed by atoms with Crippen LogP contribution in [0.1, 0.15) is 105 Å². The molecular weight excluding hydrogens is 492 g/mol. The van der Waals surface area contributed by atoms with Crippen LogP contribution in [0.15, 0.2) is 66.7 Å². The Labute approximate surface area is 244 Å². The van der Waals surface area contributed by atoms with Crippen LogP contribution in [-0.2, 0) is 33.6 Å². The number of carbonyl (C=O) groups excluding carboxylic acids is 3. The maximum absolute atomic E-state index is 14.0. The summed E-state index contributed by atoms with van der Waals surface area (Å²) in [4.78, 5) is 39.5. The van der Waals surface area contributed by atoms with Gasteiger partial charge in [0.15, 0.2) is 0 Å². The first kappa shape index (κ1) is 31.5. The molecule has 1 saturated carbocycles. The van der Waals surface area contributed by atoms with Crippen molar-refractivity contribution in [3.05, 3.63) is 83.4 Å². The topological polar surface area (TPSA) is 51.2 Å². The molecule has 3 nitrogen and oxygen atoms in total. The summed E-state index contributed by atoms with van der Waals surface area (Å²) in [6, 6.07) is 22.9. The molecule has 218 valence electrons. The van der Waals surface area contributed by atoms with Gasteiger partial charge in [-0.1, -0.05) is 101 Å². The molecule has 0 N–H and O–H groups in total. The second kappa shape index (κ2) is 15.6. The Kier molecular flexibility index (Phi) is 12.3. The van der Waals surface area contributed by atoms with Crippen molar-refractivity contribution in [2.45, 2.75) is 105 Å². The average Bonchev–Trinajstić information content (AvgIpc) is 3.23. The minimum atomic E-state index is -0.505. The molecule has 0 aliphatic heterocycles. The SMILES string of the molecule is CC.CCC(=O)C1CCCC(CCC(=O)Cc2ccc(CC)cc2)(C(=O)CCc2cccc3ccccc23)CC1.[HH].[HH]. The van der Waals surface area contributed by atoms with Crippen molar-refractivity contribution >= 4 is 28.1 Å². The Morgan fingerprint density at radius 3 is 2.25 bits per heavy atom. The molecule has 1 fully saturated rings. The quantitative estimate of drug-likeness (QED) is 0.213. The van der Waals surface area contributed by atoms with Crippen LogP contribution >= 0.6 is 0 Å². The molecule has 3 heteroatoms. The van der Waals surface area contributed by atoms with Crippen molar-refractivity contribution in [3.8, 4) is 0 Å². The molecule has 4 rings (SSSR count). The van der Waals surface area contributed by atoms with Crippen LogP contribution in [0, 0.1) is 11.3 Å². The molecule has 3 aromatic carbocycles. The van der Waals surface area contributed by atoms with Crippen LogP contribution in [0.2, 0.25) is 0 Å². The smallest absolute Gasteiger partial charge is 0.139 e. The normalized spacial score (nSPS) is 18.9. The second-order valence-corrected chi connectivity index (χ2v) is 11.2. The van der Waals surface area contributed by atoms with E-state index in [9.17, 15) is 14.4 Å². The molecule has 2 unspecified atom stereocenters. The number of aryl methyl sites for hydroxylation is 2. The molecule has 1 aliphatic rings. The minimum Gasteiger partial charge on any atom is -0.299 e. The van der Waals surface area contributed by atoms with Gasteiger partial charge in [-0.15, -0.1) is 0 Å². The Morgan fingerprint density at radius 2 is 1.52 bits per heavy atom. The maximum atomic E-state index is 14.0. The number of Topliss-reactive ketones (excluding diaryl/α,β-unsaturated/α-hetero) is 3. The summed E-state index contributed by atoms with van der Waals surface area (Å²) >= 11 is 0. The highest BCUT2D eigenvalue weighted by molar-refractivity contribution is 5.89. The molecule has 1 aliphatic carbocycles. The molecule has 0 amide bonds. The van der Waals surface area contributed by atoms with Crippen LogP contribution in [0.5, 0.6) is 0 Å². The van der Waals surface area contributed by atoms with Gasteiger partial charge in [-0.25, -0.2) is 0 Å². The Balaban J connectivity index is 0.00000216. The highest BCUT2D eigenvalue weighted by atomic mass is 16.1. The predicted octanol–water partition coefficient (Wildman–Crippen LogP) is 9.56. The number of benzene rings is 3. The van der Waals surface area contributed by atoms with E-state index in [-0.39, 0.29) is 20.3 Å². The molecule has 2 atom stereocenters.